The van der Waals surface area contributed by atoms with E-state index < -0.39 is 0 Å². The molecule has 0 aliphatic rings. The summed E-state index contributed by atoms with van der Waals surface area (Å²) < 4.78 is 0. The Bertz CT molecular complexity index is 850. The summed E-state index contributed by atoms with van der Waals surface area (Å²) in [6, 6.07) is 10.8. The Morgan fingerprint density at radius 1 is 0.821 bits per heavy atom. The second-order valence-corrected chi connectivity index (χ2v) is 6.94. The SMILES string of the molecule is CN(C)C(=O)NCCNC(=O)c1ccc(NC(=O)c2cc(Cl)cc(Cl)c2)cc1. The van der Waals surface area contributed by atoms with Gasteiger partial charge in [0, 0.05) is 54.0 Å². The zero-order valence-corrected chi connectivity index (χ0v) is 16.9. The first-order valence-electron chi connectivity index (χ1n) is 8.37. The van der Waals surface area contributed by atoms with Crippen LogP contribution in [0.1, 0.15) is 20.7 Å². The minimum atomic E-state index is -0.363. The molecule has 0 saturated carbocycles. The average Bonchev–Trinajstić information content (AvgIpc) is 2.64. The van der Waals surface area contributed by atoms with E-state index >= 15 is 0 Å². The quantitative estimate of drug-likeness (QED) is 0.623. The van der Waals surface area contributed by atoms with Crippen molar-refractivity contribution >= 4 is 46.7 Å². The van der Waals surface area contributed by atoms with Crippen LogP contribution in [0, 0.1) is 0 Å². The van der Waals surface area contributed by atoms with Crippen LogP contribution in [0.3, 0.4) is 0 Å². The van der Waals surface area contributed by atoms with Crippen molar-refractivity contribution in [3.8, 4) is 0 Å². The summed E-state index contributed by atoms with van der Waals surface area (Å²) in [7, 11) is 3.27. The van der Waals surface area contributed by atoms with Crippen molar-refractivity contribution in [2.45, 2.75) is 0 Å². The molecule has 0 radical (unpaired) electrons. The van der Waals surface area contributed by atoms with E-state index in [-0.39, 0.29) is 17.8 Å². The number of nitrogens with zero attached hydrogens (tertiary/aromatic N) is 1. The van der Waals surface area contributed by atoms with Gasteiger partial charge in [-0.15, -0.1) is 0 Å². The van der Waals surface area contributed by atoms with Crippen molar-refractivity contribution in [3.63, 3.8) is 0 Å². The number of halogens is 2. The highest BCUT2D eigenvalue weighted by Gasteiger charge is 2.10. The predicted molar refractivity (Wildman–Crippen MR) is 110 cm³/mol. The number of carbonyl (C=O) groups excluding carboxylic acids is 3. The molecule has 2 aromatic carbocycles. The number of nitrogens with one attached hydrogen (secondary N) is 3. The number of carbonyl (C=O) groups is 3. The highest BCUT2D eigenvalue weighted by molar-refractivity contribution is 6.35. The van der Waals surface area contributed by atoms with Gasteiger partial charge in [0.25, 0.3) is 11.8 Å². The minimum Gasteiger partial charge on any atom is -0.350 e. The summed E-state index contributed by atoms with van der Waals surface area (Å²) >= 11 is 11.8. The van der Waals surface area contributed by atoms with Gasteiger partial charge in [-0.1, -0.05) is 23.2 Å². The van der Waals surface area contributed by atoms with E-state index in [4.69, 9.17) is 23.2 Å². The Morgan fingerprint density at radius 2 is 1.39 bits per heavy atom. The Morgan fingerprint density at radius 3 is 1.96 bits per heavy atom. The minimum absolute atomic E-state index is 0.227. The number of benzene rings is 2. The van der Waals surface area contributed by atoms with Gasteiger partial charge < -0.3 is 20.9 Å². The van der Waals surface area contributed by atoms with Gasteiger partial charge in [0.2, 0.25) is 0 Å². The monoisotopic (exact) mass is 422 g/mol. The van der Waals surface area contributed by atoms with E-state index in [1.165, 1.54) is 17.0 Å². The van der Waals surface area contributed by atoms with Gasteiger partial charge >= 0.3 is 6.03 Å². The summed E-state index contributed by atoms with van der Waals surface area (Å²) in [6.45, 7) is 0.617. The number of anilines is 1. The summed E-state index contributed by atoms with van der Waals surface area (Å²) in [4.78, 5) is 37.2. The third kappa shape index (κ3) is 6.44. The molecule has 3 N–H and O–H groups in total. The summed E-state index contributed by atoms with van der Waals surface area (Å²) in [6.07, 6.45) is 0. The van der Waals surface area contributed by atoms with Crippen LogP contribution in [-0.4, -0.2) is 49.9 Å². The van der Waals surface area contributed by atoms with E-state index in [0.29, 0.717) is 39.9 Å². The van der Waals surface area contributed by atoms with Crippen molar-refractivity contribution < 1.29 is 14.4 Å². The van der Waals surface area contributed by atoms with E-state index in [2.05, 4.69) is 16.0 Å². The van der Waals surface area contributed by atoms with Crippen LogP contribution in [0.4, 0.5) is 10.5 Å². The molecule has 0 aliphatic heterocycles. The molecule has 0 saturated heterocycles. The molecule has 28 heavy (non-hydrogen) atoms. The van der Waals surface area contributed by atoms with Crippen LogP contribution in [0.2, 0.25) is 10.0 Å². The molecule has 0 aliphatic carbocycles. The van der Waals surface area contributed by atoms with Crippen molar-refractivity contribution in [2.75, 3.05) is 32.5 Å². The number of hydrogen-bond donors (Lipinski definition) is 3. The maximum absolute atomic E-state index is 12.3. The maximum atomic E-state index is 12.3. The van der Waals surface area contributed by atoms with Gasteiger partial charge in [0.05, 0.1) is 0 Å². The molecule has 0 aromatic heterocycles. The van der Waals surface area contributed by atoms with Gasteiger partial charge in [-0.2, -0.15) is 0 Å². The third-order valence-electron chi connectivity index (χ3n) is 3.62. The van der Waals surface area contributed by atoms with Crippen LogP contribution in [0.25, 0.3) is 0 Å². The first-order valence-corrected chi connectivity index (χ1v) is 9.12. The van der Waals surface area contributed by atoms with Crippen molar-refractivity contribution in [2.24, 2.45) is 0 Å². The lowest BCUT2D eigenvalue weighted by atomic mass is 10.1. The molecule has 4 amide bonds. The Kier molecular flexibility index (Phi) is 7.66. The molecule has 0 fully saturated rings. The molecule has 0 bridgehead atoms. The Balaban J connectivity index is 1.87. The highest BCUT2D eigenvalue weighted by Crippen LogP contribution is 2.20. The second kappa shape index (κ2) is 9.96. The zero-order chi connectivity index (χ0) is 20.7. The Hall–Kier alpha value is -2.77. The number of rotatable bonds is 6. The molecule has 148 valence electrons. The highest BCUT2D eigenvalue weighted by atomic mass is 35.5. The molecule has 9 heteroatoms. The number of urea groups is 1. The van der Waals surface area contributed by atoms with Gasteiger partial charge in [0.1, 0.15) is 0 Å². The van der Waals surface area contributed by atoms with Gasteiger partial charge in [-0.25, -0.2) is 4.79 Å². The molecule has 2 aromatic rings. The van der Waals surface area contributed by atoms with Gasteiger partial charge in [-0.3, -0.25) is 9.59 Å². The van der Waals surface area contributed by atoms with Gasteiger partial charge in [0.15, 0.2) is 0 Å². The number of amides is 4. The normalized spacial score (nSPS) is 10.1. The smallest absolute Gasteiger partial charge is 0.316 e. The largest absolute Gasteiger partial charge is 0.350 e. The van der Waals surface area contributed by atoms with E-state index in [1.54, 1.807) is 44.4 Å². The lowest BCUT2D eigenvalue weighted by molar-refractivity contribution is 0.0953. The summed E-state index contributed by atoms with van der Waals surface area (Å²) in [5.74, 6) is -0.642. The standard InChI is InChI=1S/C19H20Cl2N4O3/c1-25(2)19(28)23-8-7-22-17(26)12-3-5-16(6-4-12)24-18(27)13-9-14(20)11-15(21)10-13/h3-6,9-11H,7-8H2,1-2H3,(H,22,26)(H,23,28)(H,24,27). The van der Waals surface area contributed by atoms with E-state index in [9.17, 15) is 14.4 Å². The fourth-order valence-electron chi connectivity index (χ4n) is 2.20. The van der Waals surface area contributed by atoms with Crippen LogP contribution in [-0.2, 0) is 0 Å². The zero-order valence-electron chi connectivity index (χ0n) is 15.4. The lowest BCUT2D eigenvalue weighted by Gasteiger charge is -2.12. The lowest BCUT2D eigenvalue weighted by Crippen LogP contribution is -2.39. The molecule has 0 heterocycles. The van der Waals surface area contributed by atoms with Crippen LogP contribution in [0.5, 0.6) is 0 Å². The molecule has 0 unspecified atom stereocenters. The van der Waals surface area contributed by atoms with E-state index in [1.807, 2.05) is 0 Å². The van der Waals surface area contributed by atoms with Crippen molar-refractivity contribution in [3.05, 3.63) is 63.6 Å². The van der Waals surface area contributed by atoms with Crippen molar-refractivity contribution in [1.82, 2.24) is 15.5 Å². The molecular formula is C19H20Cl2N4O3. The molecule has 7 nitrogen and oxygen atoms in total. The fraction of sp³-hybridized carbons (Fsp3) is 0.211. The Labute approximate surface area is 173 Å². The van der Waals surface area contributed by atoms with Crippen LogP contribution < -0.4 is 16.0 Å². The van der Waals surface area contributed by atoms with E-state index in [0.717, 1.165) is 0 Å². The predicted octanol–water partition coefficient (Wildman–Crippen LogP) is 3.25. The second-order valence-electron chi connectivity index (χ2n) is 6.07. The summed E-state index contributed by atoms with van der Waals surface area (Å²) in [5.41, 5.74) is 1.29. The summed E-state index contributed by atoms with van der Waals surface area (Å²) in [5, 5.41) is 8.80. The topological polar surface area (TPSA) is 90.5 Å². The fourth-order valence-corrected chi connectivity index (χ4v) is 2.72. The third-order valence-corrected chi connectivity index (χ3v) is 4.06. The number of hydrogen-bond acceptors (Lipinski definition) is 3. The molecule has 2 rings (SSSR count). The van der Waals surface area contributed by atoms with Crippen LogP contribution >= 0.6 is 23.2 Å². The molecule has 0 atom stereocenters. The average molecular weight is 423 g/mol. The first-order chi connectivity index (χ1) is 13.3. The maximum Gasteiger partial charge on any atom is 0.316 e. The molecular weight excluding hydrogens is 403 g/mol. The van der Waals surface area contributed by atoms with Crippen molar-refractivity contribution in [1.29, 1.82) is 0 Å². The molecule has 0 spiro atoms. The first kappa shape index (κ1) is 21.5. The van der Waals surface area contributed by atoms with Crippen LogP contribution in [0.15, 0.2) is 42.5 Å². The van der Waals surface area contributed by atoms with Gasteiger partial charge in [-0.05, 0) is 42.5 Å².